The van der Waals surface area contributed by atoms with E-state index in [1.165, 1.54) is 22.5 Å². The van der Waals surface area contributed by atoms with Crippen LogP contribution in [0.2, 0.25) is 0 Å². The number of carbonyl (C=O) groups excluding carboxylic acids is 1. The molecule has 1 saturated heterocycles. The number of phenolic OH excluding ortho intramolecular Hbond substituents is 1. The number of phenols is 1. The molecule has 3 rings (SSSR count). The number of morpholine rings is 1. The monoisotopic (exact) mass is 420 g/mol. The summed E-state index contributed by atoms with van der Waals surface area (Å²) < 4.78 is 37.7. The third kappa shape index (κ3) is 5.06. The van der Waals surface area contributed by atoms with Crippen molar-refractivity contribution in [2.24, 2.45) is 0 Å². The summed E-state index contributed by atoms with van der Waals surface area (Å²) in [6, 6.07) is 11.0. The van der Waals surface area contributed by atoms with Crippen LogP contribution in [-0.2, 0) is 19.6 Å². The van der Waals surface area contributed by atoms with Crippen LogP contribution in [0.15, 0.2) is 47.4 Å². The molecule has 0 radical (unpaired) electrons. The molecule has 1 aliphatic heterocycles. The highest BCUT2D eigenvalue weighted by Crippen LogP contribution is 2.28. The number of ether oxygens (including phenoxy) is 2. The number of hydrogen-bond donors (Lipinski definition) is 2. The minimum Gasteiger partial charge on any atom is -0.506 e. The lowest BCUT2D eigenvalue weighted by Gasteiger charge is -2.26. The van der Waals surface area contributed by atoms with Gasteiger partial charge >= 0.3 is 0 Å². The minimum atomic E-state index is -3.75. The van der Waals surface area contributed by atoms with E-state index in [0.717, 1.165) is 5.56 Å². The highest BCUT2D eigenvalue weighted by Gasteiger charge is 2.27. The molecule has 2 aromatic rings. The van der Waals surface area contributed by atoms with Gasteiger partial charge in [-0.2, -0.15) is 4.31 Å². The molecule has 0 unspecified atom stereocenters. The topological polar surface area (TPSA) is 105 Å². The standard InChI is InChI=1S/C20H24N2O6S/c1-14-3-5-16(6-4-14)28-15(2)20(24)21-18-13-17(7-8-19(18)23)29(25,26)22-9-11-27-12-10-22/h3-8,13,15,23H,9-12H2,1-2H3,(H,21,24)/t15-/m1/s1. The first-order chi connectivity index (χ1) is 13.8. The molecule has 2 aromatic carbocycles. The van der Waals surface area contributed by atoms with Crippen molar-refractivity contribution < 1.29 is 27.8 Å². The second-order valence-electron chi connectivity index (χ2n) is 6.76. The fraction of sp³-hybridized carbons (Fsp3) is 0.350. The molecule has 9 heteroatoms. The molecule has 0 saturated carbocycles. The molecule has 1 heterocycles. The van der Waals surface area contributed by atoms with E-state index in [2.05, 4.69) is 5.32 Å². The first kappa shape index (κ1) is 21.1. The summed E-state index contributed by atoms with van der Waals surface area (Å²) in [5.41, 5.74) is 1.07. The van der Waals surface area contributed by atoms with Crippen LogP contribution in [0, 0.1) is 6.92 Å². The second-order valence-corrected chi connectivity index (χ2v) is 8.70. The summed E-state index contributed by atoms with van der Waals surface area (Å²) in [7, 11) is -3.75. The van der Waals surface area contributed by atoms with Crippen LogP contribution >= 0.6 is 0 Å². The number of nitrogens with one attached hydrogen (secondary N) is 1. The molecule has 0 spiro atoms. The Hall–Kier alpha value is -2.62. The van der Waals surface area contributed by atoms with Gasteiger partial charge in [-0.1, -0.05) is 17.7 Å². The van der Waals surface area contributed by atoms with Gasteiger partial charge in [0.1, 0.15) is 11.5 Å². The largest absolute Gasteiger partial charge is 0.506 e. The van der Waals surface area contributed by atoms with Gasteiger partial charge in [-0.3, -0.25) is 4.79 Å². The maximum absolute atomic E-state index is 12.8. The average molecular weight is 420 g/mol. The Morgan fingerprint density at radius 1 is 1.17 bits per heavy atom. The van der Waals surface area contributed by atoms with E-state index < -0.39 is 22.0 Å². The lowest BCUT2D eigenvalue weighted by molar-refractivity contribution is -0.122. The predicted molar refractivity (Wildman–Crippen MR) is 108 cm³/mol. The maximum atomic E-state index is 12.8. The van der Waals surface area contributed by atoms with E-state index in [1.807, 2.05) is 19.1 Å². The number of aromatic hydroxyl groups is 1. The van der Waals surface area contributed by atoms with Gasteiger partial charge in [0.2, 0.25) is 10.0 Å². The maximum Gasteiger partial charge on any atom is 0.265 e. The lowest BCUT2D eigenvalue weighted by Crippen LogP contribution is -2.40. The van der Waals surface area contributed by atoms with Crippen molar-refractivity contribution in [1.82, 2.24) is 4.31 Å². The molecule has 1 fully saturated rings. The molecule has 2 N–H and O–H groups in total. The van der Waals surface area contributed by atoms with Gasteiger partial charge in [-0.05, 0) is 44.2 Å². The molecule has 0 bridgehead atoms. The van der Waals surface area contributed by atoms with Crippen LogP contribution in [0.25, 0.3) is 0 Å². The average Bonchev–Trinajstić information content (AvgIpc) is 2.71. The predicted octanol–water partition coefficient (Wildman–Crippen LogP) is 2.13. The van der Waals surface area contributed by atoms with Gasteiger partial charge in [0.05, 0.1) is 23.8 Å². The number of anilines is 1. The van der Waals surface area contributed by atoms with Crippen molar-refractivity contribution in [3.05, 3.63) is 48.0 Å². The number of nitrogens with zero attached hydrogens (tertiary/aromatic N) is 1. The summed E-state index contributed by atoms with van der Waals surface area (Å²) in [5, 5.41) is 12.6. The Morgan fingerprint density at radius 3 is 2.48 bits per heavy atom. The zero-order valence-corrected chi connectivity index (χ0v) is 17.1. The molecule has 1 aliphatic rings. The van der Waals surface area contributed by atoms with Crippen molar-refractivity contribution in [2.45, 2.75) is 24.8 Å². The van der Waals surface area contributed by atoms with Gasteiger partial charge in [0.15, 0.2) is 6.10 Å². The Balaban J connectivity index is 1.73. The van der Waals surface area contributed by atoms with Crippen LogP contribution in [0.3, 0.4) is 0 Å². The van der Waals surface area contributed by atoms with Crippen molar-refractivity contribution in [3.8, 4) is 11.5 Å². The van der Waals surface area contributed by atoms with Crippen molar-refractivity contribution in [2.75, 3.05) is 31.6 Å². The first-order valence-electron chi connectivity index (χ1n) is 9.22. The molecule has 0 aliphatic carbocycles. The van der Waals surface area contributed by atoms with Gasteiger partial charge in [-0.25, -0.2) is 8.42 Å². The molecular formula is C20H24N2O6S. The number of hydrogen-bond acceptors (Lipinski definition) is 6. The molecular weight excluding hydrogens is 396 g/mol. The van der Waals surface area contributed by atoms with Crippen LogP contribution in [0.5, 0.6) is 11.5 Å². The van der Waals surface area contributed by atoms with Crippen LogP contribution in [0.1, 0.15) is 12.5 Å². The zero-order valence-electron chi connectivity index (χ0n) is 16.3. The summed E-state index contributed by atoms with van der Waals surface area (Å²) in [6.07, 6.45) is -0.850. The Morgan fingerprint density at radius 2 is 1.83 bits per heavy atom. The fourth-order valence-corrected chi connectivity index (χ4v) is 4.26. The molecule has 8 nitrogen and oxygen atoms in total. The number of benzene rings is 2. The third-order valence-electron chi connectivity index (χ3n) is 4.54. The summed E-state index contributed by atoms with van der Waals surface area (Å²) in [4.78, 5) is 12.5. The van der Waals surface area contributed by atoms with Crippen molar-refractivity contribution >= 4 is 21.6 Å². The molecule has 29 heavy (non-hydrogen) atoms. The number of amides is 1. The normalized spacial score (nSPS) is 16.2. The summed E-state index contributed by atoms with van der Waals surface area (Å²) in [5.74, 6) is -0.213. The van der Waals surface area contributed by atoms with Crippen LogP contribution < -0.4 is 10.1 Å². The highest BCUT2D eigenvalue weighted by atomic mass is 32.2. The first-order valence-corrected chi connectivity index (χ1v) is 10.7. The quantitative estimate of drug-likeness (QED) is 0.694. The van der Waals surface area contributed by atoms with E-state index in [9.17, 15) is 18.3 Å². The Bertz CT molecular complexity index is 969. The number of aryl methyl sites for hydroxylation is 1. The van der Waals surface area contributed by atoms with E-state index in [-0.39, 0.29) is 29.4 Å². The van der Waals surface area contributed by atoms with Gasteiger partial charge in [-0.15, -0.1) is 0 Å². The highest BCUT2D eigenvalue weighted by molar-refractivity contribution is 7.89. The molecule has 1 atom stereocenters. The molecule has 0 aromatic heterocycles. The number of carbonyl (C=O) groups is 1. The smallest absolute Gasteiger partial charge is 0.265 e. The van der Waals surface area contributed by atoms with Crippen molar-refractivity contribution in [1.29, 1.82) is 0 Å². The zero-order chi connectivity index (χ0) is 21.0. The molecule has 1 amide bonds. The number of sulfonamides is 1. The molecule has 156 valence electrons. The Labute approximate surface area is 170 Å². The number of rotatable bonds is 6. The van der Waals surface area contributed by atoms with Gasteiger partial charge in [0.25, 0.3) is 5.91 Å². The third-order valence-corrected chi connectivity index (χ3v) is 6.43. The van der Waals surface area contributed by atoms with E-state index in [4.69, 9.17) is 9.47 Å². The minimum absolute atomic E-state index is 0.00342. The van der Waals surface area contributed by atoms with Crippen LogP contribution in [0.4, 0.5) is 5.69 Å². The Kier molecular flexibility index (Phi) is 6.41. The van der Waals surface area contributed by atoms with E-state index in [1.54, 1.807) is 19.1 Å². The van der Waals surface area contributed by atoms with E-state index in [0.29, 0.717) is 19.0 Å². The van der Waals surface area contributed by atoms with Gasteiger partial charge in [0, 0.05) is 13.1 Å². The summed E-state index contributed by atoms with van der Waals surface area (Å²) >= 11 is 0. The van der Waals surface area contributed by atoms with Crippen LogP contribution in [-0.4, -0.2) is 56.1 Å². The van der Waals surface area contributed by atoms with Crippen molar-refractivity contribution in [3.63, 3.8) is 0 Å². The van der Waals surface area contributed by atoms with Gasteiger partial charge < -0.3 is 19.9 Å². The SMILES string of the molecule is Cc1ccc(O[C@H](C)C(=O)Nc2cc(S(=O)(=O)N3CCOCC3)ccc2O)cc1. The fourth-order valence-electron chi connectivity index (χ4n) is 2.82. The van der Waals surface area contributed by atoms with E-state index >= 15 is 0 Å². The lowest BCUT2D eigenvalue weighted by atomic mass is 10.2. The summed E-state index contributed by atoms with van der Waals surface area (Å²) in [6.45, 7) is 4.68. The second kappa shape index (κ2) is 8.81.